The van der Waals surface area contributed by atoms with Gasteiger partial charge in [-0.2, -0.15) is 5.26 Å². The summed E-state index contributed by atoms with van der Waals surface area (Å²) in [6.45, 7) is 5.92. The lowest BCUT2D eigenvalue weighted by Gasteiger charge is -2.22. The average Bonchev–Trinajstić information content (AvgIpc) is 3.27. The monoisotopic (exact) mass is 392 g/mol. The van der Waals surface area contributed by atoms with Gasteiger partial charge in [-0.25, -0.2) is 4.98 Å². The van der Waals surface area contributed by atoms with E-state index in [0.717, 1.165) is 42.9 Å². The summed E-state index contributed by atoms with van der Waals surface area (Å²) in [5, 5.41) is 21.6. The fourth-order valence-corrected chi connectivity index (χ4v) is 3.72. The van der Waals surface area contributed by atoms with Gasteiger partial charge in [-0.05, 0) is 48.9 Å². The number of nitriles is 1. The van der Waals surface area contributed by atoms with Gasteiger partial charge in [0.25, 0.3) is 5.91 Å². The Morgan fingerprint density at radius 2 is 1.97 bits per heavy atom. The van der Waals surface area contributed by atoms with E-state index < -0.39 is 0 Å². The average molecular weight is 393 g/mol. The van der Waals surface area contributed by atoms with Gasteiger partial charge in [0.1, 0.15) is 5.82 Å². The molecular weight excluding hydrogens is 364 g/mol. The lowest BCUT2D eigenvalue weighted by molar-refractivity contribution is 0.0908. The molecular formula is C23H28N4O2. The van der Waals surface area contributed by atoms with Gasteiger partial charge < -0.3 is 15.3 Å². The second-order valence-electron chi connectivity index (χ2n) is 7.96. The van der Waals surface area contributed by atoms with E-state index in [0.29, 0.717) is 23.5 Å². The van der Waals surface area contributed by atoms with E-state index in [-0.39, 0.29) is 18.6 Å². The van der Waals surface area contributed by atoms with Crippen LogP contribution in [0.2, 0.25) is 0 Å². The molecule has 1 amide bonds. The molecule has 2 aromatic rings. The second-order valence-corrected chi connectivity index (χ2v) is 7.96. The molecule has 0 aliphatic carbocycles. The number of rotatable bonds is 7. The Bertz CT molecular complexity index is 881. The van der Waals surface area contributed by atoms with Crippen LogP contribution in [0.3, 0.4) is 0 Å². The number of aromatic nitrogens is 1. The van der Waals surface area contributed by atoms with Crippen molar-refractivity contribution in [1.82, 2.24) is 10.3 Å². The van der Waals surface area contributed by atoms with Crippen molar-refractivity contribution in [3.8, 4) is 17.2 Å². The van der Waals surface area contributed by atoms with E-state index >= 15 is 0 Å². The molecule has 1 aliphatic rings. The fourth-order valence-electron chi connectivity index (χ4n) is 3.72. The molecule has 3 rings (SSSR count). The topological polar surface area (TPSA) is 89.2 Å². The van der Waals surface area contributed by atoms with Gasteiger partial charge in [-0.1, -0.05) is 26.0 Å². The number of benzene rings is 1. The smallest absolute Gasteiger partial charge is 0.253 e. The van der Waals surface area contributed by atoms with Crippen molar-refractivity contribution in [3.05, 3.63) is 47.7 Å². The number of nitrogens with zero attached hydrogens (tertiary/aromatic N) is 3. The van der Waals surface area contributed by atoms with Gasteiger partial charge in [-0.15, -0.1) is 0 Å². The SMILES string of the molecule is CC(C)C[C@H](CO)NC(=O)c1cnc(N2CCCC2)c(-c2ccc(C#N)cc2)c1. The quantitative estimate of drug-likeness (QED) is 0.754. The van der Waals surface area contributed by atoms with E-state index in [1.165, 1.54) is 0 Å². The molecule has 1 atom stereocenters. The van der Waals surface area contributed by atoms with Crippen molar-refractivity contribution in [2.75, 3.05) is 24.6 Å². The van der Waals surface area contributed by atoms with Crippen LogP contribution in [0.4, 0.5) is 5.82 Å². The summed E-state index contributed by atoms with van der Waals surface area (Å²) < 4.78 is 0. The normalized spacial score (nSPS) is 14.7. The molecule has 0 bridgehead atoms. The van der Waals surface area contributed by atoms with E-state index in [4.69, 9.17) is 5.26 Å². The molecule has 1 aromatic carbocycles. The van der Waals surface area contributed by atoms with Gasteiger partial charge in [0, 0.05) is 24.8 Å². The molecule has 1 aromatic heterocycles. The molecule has 6 heteroatoms. The number of aliphatic hydroxyl groups is 1. The van der Waals surface area contributed by atoms with Crippen LogP contribution in [0, 0.1) is 17.2 Å². The Labute approximate surface area is 172 Å². The van der Waals surface area contributed by atoms with E-state index in [1.807, 2.05) is 18.2 Å². The Morgan fingerprint density at radius 1 is 1.28 bits per heavy atom. The first-order valence-electron chi connectivity index (χ1n) is 10.2. The highest BCUT2D eigenvalue weighted by molar-refractivity contribution is 5.96. The van der Waals surface area contributed by atoms with Crippen LogP contribution in [-0.4, -0.2) is 41.7 Å². The number of hydrogen-bond acceptors (Lipinski definition) is 5. The molecule has 0 unspecified atom stereocenters. The number of amides is 1. The molecule has 1 aliphatic heterocycles. The highest BCUT2D eigenvalue weighted by Crippen LogP contribution is 2.32. The minimum atomic E-state index is -0.279. The fraction of sp³-hybridized carbons (Fsp3) is 0.435. The zero-order valence-corrected chi connectivity index (χ0v) is 17.1. The van der Waals surface area contributed by atoms with Crippen molar-refractivity contribution >= 4 is 11.7 Å². The van der Waals surface area contributed by atoms with Crippen molar-refractivity contribution in [3.63, 3.8) is 0 Å². The molecule has 1 fully saturated rings. The maximum atomic E-state index is 12.8. The largest absolute Gasteiger partial charge is 0.394 e. The maximum absolute atomic E-state index is 12.8. The van der Waals surface area contributed by atoms with Crippen LogP contribution in [0.1, 0.15) is 49.0 Å². The van der Waals surface area contributed by atoms with E-state index in [9.17, 15) is 9.90 Å². The molecule has 0 saturated carbocycles. The Kier molecular flexibility index (Phi) is 6.84. The van der Waals surface area contributed by atoms with Crippen molar-refractivity contribution in [1.29, 1.82) is 5.26 Å². The zero-order valence-electron chi connectivity index (χ0n) is 17.1. The maximum Gasteiger partial charge on any atom is 0.253 e. The minimum Gasteiger partial charge on any atom is -0.394 e. The Hall–Kier alpha value is -2.91. The standard InChI is InChI=1S/C23H28N4O2/c1-16(2)11-20(15-28)26-23(29)19-12-21(18-7-5-17(13-24)6-8-18)22(25-14-19)27-9-3-4-10-27/h5-8,12,14,16,20,28H,3-4,9-11,15H2,1-2H3,(H,26,29)/t20-/m1/s1. The number of hydrogen-bond donors (Lipinski definition) is 2. The van der Waals surface area contributed by atoms with Crippen molar-refractivity contribution in [2.45, 2.75) is 39.2 Å². The number of pyridine rings is 1. The Morgan fingerprint density at radius 3 is 2.55 bits per heavy atom. The summed E-state index contributed by atoms with van der Waals surface area (Å²) in [6.07, 6.45) is 4.58. The van der Waals surface area contributed by atoms with Crippen LogP contribution in [0.5, 0.6) is 0 Å². The summed E-state index contributed by atoms with van der Waals surface area (Å²) in [5.74, 6) is 1.00. The zero-order chi connectivity index (χ0) is 20.8. The highest BCUT2D eigenvalue weighted by atomic mass is 16.3. The number of carbonyl (C=O) groups excluding carboxylic acids is 1. The lowest BCUT2D eigenvalue weighted by Crippen LogP contribution is -2.38. The number of nitrogens with one attached hydrogen (secondary N) is 1. The number of carbonyl (C=O) groups is 1. The summed E-state index contributed by atoms with van der Waals surface area (Å²) >= 11 is 0. The Balaban J connectivity index is 1.93. The third kappa shape index (κ3) is 5.12. The summed E-state index contributed by atoms with van der Waals surface area (Å²) in [4.78, 5) is 19.7. The van der Waals surface area contributed by atoms with Gasteiger partial charge >= 0.3 is 0 Å². The molecule has 1 saturated heterocycles. The number of anilines is 1. The first-order valence-corrected chi connectivity index (χ1v) is 10.2. The van der Waals surface area contributed by atoms with Gasteiger partial charge in [0.2, 0.25) is 0 Å². The predicted molar refractivity (Wildman–Crippen MR) is 114 cm³/mol. The van der Waals surface area contributed by atoms with Crippen LogP contribution < -0.4 is 10.2 Å². The van der Waals surface area contributed by atoms with Crippen molar-refractivity contribution in [2.24, 2.45) is 5.92 Å². The van der Waals surface area contributed by atoms with Crippen LogP contribution in [-0.2, 0) is 0 Å². The molecule has 0 radical (unpaired) electrons. The van der Waals surface area contributed by atoms with Gasteiger partial charge in [0.15, 0.2) is 0 Å². The molecule has 2 N–H and O–H groups in total. The predicted octanol–water partition coefficient (Wildman–Crippen LogP) is 3.36. The molecule has 152 valence electrons. The summed E-state index contributed by atoms with van der Waals surface area (Å²) in [5.41, 5.74) is 2.87. The molecule has 29 heavy (non-hydrogen) atoms. The second kappa shape index (κ2) is 9.53. The van der Waals surface area contributed by atoms with Crippen LogP contribution >= 0.6 is 0 Å². The van der Waals surface area contributed by atoms with Crippen LogP contribution in [0.15, 0.2) is 36.5 Å². The molecule has 6 nitrogen and oxygen atoms in total. The van der Waals surface area contributed by atoms with Gasteiger partial charge in [-0.3, -0.25) is 4.79 Å². The lowest BCUT2D eigenvalue weighted by atomic mass is 10.0. The summed E-state index contributed by atoms with van der Waals surface area (Å²) in [6, 6.07) is 11.1. The first kappa shape index (κ1) is 20.8. The molecule has 0 spiro atoms. The third-order valence-corrected chi connectivity index (χ3v) is 5.17. The van der Waals surface area contributed by atoms with Gasteiger partial charge in [0.05, 0.1) is 29.8 Å². The minimum absolute atomic E-state index is 0.0916. The van der Waals surface area contributed by atoms with E-state index in [2.05, 4.69) is 35.1 Å². The molecule has 2 heterocycles. The first-order chi connectivity index (χ1) is 14.0. The van der Waals surface area contributed by atoms with Crippen LogP contribution in [0.25, 0.3) is 11.1 Å². The number of aliphatic hydroxyl groups excluding tert-OH is 1. The summed E-state index contributed by atoms with van der Waals surface area (Å²) in [7, 11) is 0. The highest BCUT2D eigenvalue weighted by Gasteiger charge is 2.21. The third-order valence-electron chi connectivity index (χ3n) is 5.17. The van der Waals surface area contributed by atoms with E-state index in [1.54, 1.807) is 18.3 Å². The van der Waals surface area contributed by atoms with Crippen molar-refractivity contribution < 1.29 is 9.90 Å².